The van der Waals surface area contributed by atoms with E-state index in [-0.39, 0.29) is 37.4 Å². The molecule has 0 spiro atoms. The molecule has 1 aromatic carbocycles. The molecule has 154 valence electrons. The summed E-state index contributed by atoms with van der Waals surface area (Å²) in [4.78, 5) is 28.7. The van der Waals surface area contributed by atoms with Crippen LogP contribution < -0.4 is 0 Å². The van der Waals surface area contributed by atoms with E-state index in [0.29, 0.717) is 17.9 Å². The molecule has 1 aliphatic carbocycles. The van der Waals surface area contributed by atoms with Gasteiger partial charge in [0.15, 0.2) is 0 Å². The van der Waals surface area contributed by atoms with Crippen molar-refractivity contribution in [2.75, 3.05) is 6.54 Å². The van der Waals surface area contributed by atoms with Gasteiger partial charge in [-0.15, -0.1) is 0 Å². The molecule has 2 amide bonds. The highest BCUT2D eigenvalue weighted by atomic mass is 19.4. The number of hydrogen-bond donors (Lipinski definition) is 0. The second-order valence-corrected chi connectivity index (χ2v) is 7.65. The van der Waals surface area contributed by atoms with Gasteiger partial charge in [-0.2, -0.15) is 13.2 Å². The smallest absolute Gasteiger partial charge is 0.416 e. The van der Waals surface area contributed by atoms with Crippen molar-refractivity contribution in [2.24, 2.45) is 5.92 Å². The van der Waals surface area contributed by atoms with E-state index in [1.54, 1.807) is 23.3 Å². The number of hydrogen-bond acceptors (Lipinski definition) is 3. The van der Waals surface area contributed by atoms with Gasteiger partial charge in [-0.25, -0.2) is 0 Å². The lowest BCUT2D eigenvalue weighted by Gasteiger charge is -2.25. The minimum Gasteiger partial charge on any atom is -0.467 e. The van der Waals surface area contributed by atoms with Crippen molar-refractivity contribution in [1.82, 2.24) is 9.80 Å². The minimum absolute atomic E-state index is 0.0636. The number of alkyl halides is 3. The zero-order chi connectivity index (χ0) is 20.6. The predicted molar refractivity (Wildman–Crippen MR) is 97.2 cm³/mol. The summed E-state index contributed by atoms with van der Waals surface area (Å²) in [5, 5.41) is 0. The maximum atomic E-state index is 13.0. The standard InChI is InChI=1S/C21H21F3N2O3/c22-21(23,24)16-4-1-3-14(9-16)11-25-12-15(10-19(25)27)20(28)26(17-6-7-17)13-18-5-2-8-29-18/h1-5,8-9,15,17H,6-7,10-13H2/t15-/m0/s1. The topological polar surface area (TPSA) is 53.8 Å². The molecule has 8 heteroatoms. The van der Waals surface area contributed by atoms with Crippen LogP contribution in [0.2, 0.25) is 0 Å². The summed E-state index contributed by atoms with van der Waals surface area (Å²) in [6, 6.07) is 8.69. The molecule has 2 heterocycles. The molecule has 1 saturated carbocycles. The molecule has 2 aliphatic rings. The fraction of sp³-hybridized carbons (Fsp3) is 0.429. The van der Waals surface area contributed by atoms with E-state index in [1.807, 2.05) is 6.07 Å². The van der Waals surface area contributed by atoms with E-state index in [1.165, 1.54) is 11.0 Å². The first kappa shape index (κ1) is 19.5. The number of halogens is 3. The van der Waals surface area contributed by atoms with Gasteiger partial charge >= 0.3 is 6.18 Å². The first-order chi connectivity index (χ1) is 13.8. The Morgan fingerprint density at radius 2 is 2.00 bits per heavy atom. The molecule has 0 radical (unpaired) electrons. The molecular formula is C21H21F3N2O3. The highest BCUT2D eigenvalue weighted by Gasteiger charge is 2.41. The van der Waals surface area contributed by atoms with Gasteiger partial charge in [0, 0.05) is 25.6 Å². The highest BCUT2D eigenvalue weighted by molar-refractivity contribution is 5.89. The van der Waals surface area contributed by atoms with Crippen LogP contribution in [-0.2, 0) is 28.9 Å². The molecule has 4 rings (SSSR count). The molecular weight excluding hydrogens is 385 g/mol. The normalized spacial score (nSPS) is 19.6. The Balaban J connectivity index is 1.42. The molecule has 2 fully saturated rings. The summed E-state index contributed by atoms with van der Waals surface area (Å²) >= 11 is 0. The summed E-state index contributed by atoms with van der Waals surface area (Å²) in [5.41, 5.74) is -0.344. The van der Waals surface area contributed by atoms with Gasteiger partial charge in [-0.05, 0) is 42.7 Å². The lowest BCUT2D eigenvalue weighted by atomic mass is 10.1. The summed E-state index contributed by atoms with van der Waals surface area (Å²) < 4.78 is 44.1. The average molecular weight is 406 g/mol. The number of carbonyl (C=O) groups excluding carboxylic acids is 2. The molecule has 0 bridgehead atoms. The number of likely N-dealkylation sites (tertiary alicyclic amines) is 1. The third kappa shape index (κ3) is 4.46. The van der Waals surface area contributed by atoms with Crippen LogP contribution in [-0.4, -0.2) is 34.2 Å². The first-order valence-electron chi connectivity index (χ1n) is 9.58. The Morgan fingerprint density at radius 3 is 2.66 bits per heavy atom. The Hall–Kier alpha value is -2.77. The molecule has 29 heavy (non-hydrogen) atoms. The molecule has 5 nitrogen and oxygen atoms in total. The van der Waals surface area contributed by atoms with Crippen LogP contribution in [0.15, 0.2) is 47.1 Å². The van der Waals surface area contributed by atoms with E-state index < -0.39 is 17.7 Å². The van der Waals surface area contributed by atoms with Crippen molar-refractivity contribution in [3.63, 3.8) is 0 Å². The Bertz CT molecular complexity index is 891. The van der Waals surface area contributed by atoms with Crippen LogP contribution in [0.25, 0.3) is 0 Å². The van der Waals surface area contributed by atoms with E-state index >= 15 is 0 Å². The quantitative estimate of drug-likeness (QED) is 0.733. The summed E-state index contributed by atoms with van der Waals surface area (Å²) in [6.07, 6.45) is -0.928. The summed E-state index contributed by atoms with van der Waals surface area (Å²) in [5.74, 6) is -0.0995. The van der Waals surface area contributed by atoms with Gasteiger partial charge in [0.25, 0.3) is 0 Å². The van der Waals surface area contributed by atoms with Crippen molar-refractivity contribution < 1.29 is 27.2 Å². The number of furan rings is 1. The monoisotopic (exact) mass is 406 g/mol. The van der Waals surface area contributed by atoms with Gasteiger partial charge in [0.05, 0.1) is 24.3 Å². The second kappa shape index (κ2) is 7.57. The number of nitrogens with zero attached hydrogens (tertiary/aromatic N) is 2. The second-order valence-electron chi connectivity index (χ2n) is 7.65. The molecule has 1 atom stereocenters. The predicted octanol–water partition coefficient (Wildman–Crippen LogP) is 3.84. The van der Waals surface area contributed by atoms with Crippen molar-refractivity contribution in [3.05, 3.63) is 59.5 Å². The van der Waals surface area contributed by atoms with Gasteiger partial charge in [0.1, 0.15) is 5.76 Å². The van der Waals surface area contributed by atoms with Crippen LogP contribution in [0.5, 0.6) is 0 Å². The van der Waals surface area contributed by atoms with Crippen LogP contribution in [0.3, 0.4) is 0 Å². The molecule has 1 aromatic heterocycles. The number of rotatable bonds is 6. The van der Waals surface area contributed by atoms with E-state index in [2.05, 4.69) is 0 Å². The Labute approximate surface area is 166 Å². The lowest BCUT2D eigenvalue weighted by Crippen LogP contribution is -2.38. The molecule has 1 aliphatic heterocycles. The highest BCUT2D eigenvalue weighted by Crippen LogP contribution is 2.33. The van der Waals surface area contributed by atoms with Crippen LogP contribution in [0, 0.1) is 5.92 Å². The maximum Gasteiger partial charge on any atom is 0.416 e. The zero-order valence-electron chi connectivity index (χ0n) is 15.7. The molecule has 0 unspecified atom stereocenters. The van der Waals surface area contributed by atoms with Crippen molar-refractivity contribution in [3.8, 4) is 0 Å². The number of amides is 2. The SMILES string of the molecule is O=C1C[C@H](C(=O)N(Cc2ccco2)C2CC2)CN1Cc1cccc(C(F)(F)F)c1. The summed E-state index contributed by atoms with van der Waals surface area (Å²) in [7, 11) is 0. The largest absolute Gasteiger partial charge is 0.467 e. The van der Waals surface area contributed by atoms with Gasteiger partial charge in [0.2, 0.25) is 11.8 Å². The van der Waals surface area contributed by atoms with Gasteiger partial charge in [-0.1, -0.05) is 12.1 Å². The van der Waals surface area contributed by atoms with E-state index in [9.17, 15) is 22.8 Å². The fourth-order valence-corrected chi connectivity index (χ4v) is 3.73. The third-order valence-electron chi connectivity index (χ3n) is 5.37. The Morgan fingerprint density at radius 1 is 1.21 bits per heavy atom. The molecule has 2 aromatic rings. The number of carbonyl (C=O) groups is 2. The van der Waals surface area contributed by atoms with E-state index in [0.717, 1.165) is 25.0 Å². The van der Waals surface area contributed by atoms with Crippen molar-refractivity contribution in [2.45, 2.75) is 44.6 Å². The third-order valence-corrected chi connectivity index (χ3v) is 5.37. The maximum absolute atomic E-state index is 13.0. The van der Waals surface area contributed by atoms with Gasteiger partial charge in [-0.3, -0.25) is 9.59 Å². The van der Waals surface area contributed by atoms with Crippen LogP contribution in [0.1, 0.15) is 36.1 Å². The average Bonchev–Trinajstić information content (AvgIpc) is 3.26. The first-order valence-corrected chi connectivity index (χ1v) is 9.58. The zero-order valence-corrected chi connectivity index (χ0v) is 15.7. The van der Waals surface area contributed by atoms with Crippen molar-refractivity contribution >= 4 is 11.8 Å². The summed E-state index contributed by atoms with van der Waals surface area (Å²) in [6.45, 7) is 0.651. The van der Waals surface area contributed by atoms with Crippen LogP contribution in [0.4, 0.5) is 13.2 Å². The lowest BCUT2D eigenvalue weighted by molar-refractivity contribution is -0.138. The fourth-order valence-electron chi connectivity index (χ4n) is 3.73. The Kier molecular flexibility index (Phi) is 5.10. The number of benzene rings is 1. The minimum atomic E-state index is -4.43. The molecule has 1 saturated heterocycles. The molecule has 0 N–H and O–H groups in total. The van der Waals surface area contributed by atoms with Gasteiger partial charge < -0.3 is 14.2 Å². The van der Waals surface area contributed by atoms with Crippen LogP contribution >= 0.6 is 0 Å². The van der Waals surface area contributed by atoms with Crippen molar-refractivity contribution in [1.29, 1.82) is 0 Å². The van der Waals surface area contributed by atoms with E-state index in [4.69, 9.17) is 4.42 Å².